The summed E-state index contributed by atoms with van der Waals surface area (Å²) in [6.07, 6.45) is 2.00. The molecule has 2 aromatic rings. The molecule has 1 aliphatic heterocycles. The molecule has 0 spiro atoms. The molecular formula is C14H12F2N2O. The largest absolute Gasteiger partial charge is 0.357 e. The summed E-state index contributed by atoms with van der Waals surface area (Å²) in [6, 6.07) is 5.64. The highest BCUT2D eigenvalue weighted by atomic mass is 19.1. The average molecular weight is 262 g/mol. The van der Waals surface area contributed by atoms with Gasteiger partial charge in [0.2, 0.25) is 0 Å². The maximum Gasteiger partial charge on any atom is 0.270 e. The van der Waals surface area contributed by atoms with Gasteiger partial charge in [-0.25, -0.2) is 8.78 Å². The number of fused-ring (bicyclic) bond motifs is 1. The zero-order valence-electron chi connectivity index (χ0n) is 10.1. The zero-order valence-corrected chi connectivity index (χ0v) is 10.1. The van der Waals surface area contributed by atoms with E-state index in [4.69, 9.17) is 0 Å². The van der Waals surface area contributed by atoms with Crippen LogP contribution in [0.25, 0.3) is 0 Å². The van der Waals surface area contributed by atoms with Crippen LogP contribution in [0.5, 0.6) is 0 Å². The maximum atomic E-state index is 13.7. The van der Waals surface area contributed by atoms with Crippen molar-refractivity contribution in [1.29, 1.82) is 0 Å². The molecule has 3 nitrogen and oxygen atoms in total. The fraction of sp³-hybridized carbons (Fsp3) is 0.214. The zero-order chi connectivity index (χ0) is 13.4. The van der Waals surface area contributed by atoms with Crippen molar-refractivity contribution in [3.63, 3.8) is 0 Å². The van der Waals surface area contributed by atoms with Crippen LogP contribution >= 0.6 is 0 Å². The number of hydrogen-bond acceptors (Lipinski definition) is 1. The summed E-state index contributed by atoms with van der Waals surface area (Å²) in [5, 5.41) is 0. The second-order valence-corrected chi connectivity index (χ2v) is 4.55. The van der Waals surface area contributed by atoms with Crippen LogP contribution in [-0.2, 0) is 13.0 Å². The molecule has 1 aromatic carbocycles. The molecule has 0 saturated carbocycles. The van der Waals surface area contributed by atoms with E-state index in [1.54, 1.807) is 18.3 Å². The van der Waals surface area contributed by atoms with Crippen LogP contribution < -0.4 is 0 Å². The Balaban J connectivity index is 1.90. The second kappa shape index (κ2) is 4.50. The number of aromatic amines is 1. The van der Waals surface area contributed by atoms with Crippen molar-refractivity contribution in [2.45, 2.75) is 13.0 Å². The standard InChI is InChI=1S/C14H12F2N2O/c15-11-3-4-12(16)10-8-18(7-5-9(10)11)14(19)13-2-1-6-17-13/h1-4,6,17H,5,7-8H2. The number of nitrogens with one attached hydrogen (secondary N) is 1. The van der Waals surface area contributed by atoms with Gasteiger partial charge in [0.1, 0.15) is 17.3 Å². The second-order valence-electron chi connectivity index (χ2n) is 4.55. The highest BCUT2D eigenvalue weighted by Gasteiger charge is 2.26. The molecule has 3 rings (SSSR count). The number of amides is 1. The van der Waals surface area contributed by atoms with Crippen molar-refractivity contribution in [1.82, 2.24) is 9.88 Å². The lowest BCUT2D eigenvalue weighted by Gasteiger charge is -2.29. The van der Waals surface area contributed by atoms with Crippen molar-refractivity contribution in [3.8, 4) is 0 Å². The summed E-state index contributed by atoms with van der Waals surface area (Å²) in [6.45, 7) is 0.502. The van der Waals surface area contributed by atoms with Gasteiger partial charge in [-0.05, 0) is 36.2 Å². The third-order valence-corrected chi connectivity index (χ3v) is 3.41. The lowest BCUT2D eigenvalue weighted by Crippen LogP contribution is -2.37. The summed E-state index contributed by atoms with van der Waals surface area (Å²) in [7, 11) is 0. The fourth-order valence-electron chi connectivity index (χ4n) is 2.40. The number of carbonyl (C=O) groups excluding carboxylic acids is 1. The van der Waals surface area contributed by atoms with Crippen LogP contribution in [-0.4, -0.2) is 22.3 Å². The molecule has 0 radical (unpaired) electrons. The Morgan fingerprint density at radius 3 is 2.58 bits per heavy atom. The van der Waals surface area contributed by atoms with Crippen molar-refractivity contribution in [2.75, 3.05) is 6.54 Å². The van der Waals surface area contributed by atoms with Crippen LogP contribution in [0.3, 0.4) is 0 Å². The van der Waals surface area contributed by atoms with Crippen molar-refractivity contribution < 1.29 is 13.6 Å². The minimum absolute atomic E-state index is 0.108. The molecule has 1 aromatic heterocycles. The minimum Gasteiger partial charge on any atom is -0.357 e. The molecule has 1 N–H and O–H groups in total. The predicted octanol–water partition coefficient (Wildman–Crippen LogP) is 2.49. The van der Waals surface area contributed by atoms with Crippen molar-refractivity contribution >= 4 is 5.91 Å². The van der Waals surface area contributed by atoms with Gasteiger partial charge in [0, 0.05) is 24.8 Å². The molecule has 0 aliphatic carbocycles. The van der Waals surface area contributed by atoms with Gasteiger partial charge in [0.15, 0.2) is 0 Å². The number of aromatic nitrogens is 1. The van der Waals surface area contributed by atoms with E-state index in [-0.39, 0.29) is 18.0 Å². The first-order valence-electron chi connectivity index (χ1n) is 6.05. The number of H-pyrrole nitrogens is 1. The monoisotopic (exact) mass is 262 g/mol. The molecule has 5 heteroatoms. The lowest BCUT2D eigenvalue weighted by atomic mass is 9.98. The van der Waals surface area contributed by atoms with E-state index in [1.165, 1.54) is 4.90 Å². The Kier molecular flexibility index (Phi) is 2.81. The summed E-state index contributed by atoms with van der Waals surface area (Å²) >= 11 is 0. The summed E-state index contributed by atoms with van der Waals surface area (Å²) in [4.78, 5) is 16.5. The molecule has 98 valence electrons. The first-order valence-corrected chi connectivity index (χ1v) is 6.05. The number of nitrogens with zero attached hydrogens (tertiary/aromatic N) is 1. The highest BCUT2D eigenvalue weighted by Crippen LogP contribution is 2.25. The quantitative estimate of drug-likeness (QED) is 0.842. The molecule has 0 bridgehead atoms. The van der Waals surface area contributed by atoms with E-state index in [9.17, 15) is 13.6 Å². The third-order valence-electron chi connectivity index (χ3n) is 3.41. The van der Waals surface area contributed by atoms with Crippen LogP contribution in [0.1, 0.15) is 21.6 Å². The Labute approximate surface area is 108 Å². The van der Waals surface area contributed by atoms with Crippen LogP contribution in [0.2, 0.25) is 0 Å². The number of carbonyl (C=O) groups is 1. The van der Waals surface area contributed by atoms with Gasteiger partial charge in [-0.2, -0.15) is 0 Å². The highest BCUT2D eigenvalue weighted by molar-refractivity contribution is 5.92. The minimum atomic E-state index is -0.458. The van der Waals surface area contributed by atoms with Crippen molar-refractivity contribution in [2.24, 2.45) is 0 Å². The third kappa shape index (κ3) is 2.01. The van der Waals surface area contributed by atoms with Crippen molar-refractivity contribution in [3.05, 3.63) is 58.9 Å². The topological polar surface area (TPSA) is 36.1 Å². The Morgan fingerprint density at radius 1 is 1.16 bits per heavy atom. The van der Waals surface area contributed by atoms with E-state index in [0.717, 1.165) is 12.1 Å². The van der Waals surface area contributed by atoms with Crippen LogP contribution in [0.4, 0.5) is 8.78 Å². The average Bonchev–Trinajstić information content (AvgIpc) is 2.96. The molecule has 1 aliphatic rings. The predicted molar refractivity (Wildman–Crippen MR) is 65.6 cm³/mol. The van der Waals surface area contributed by atoms with Gasteiger partial charge in [0.25, 0.3) is 5.91 Å². The SMILES string of the molecule is O=C(c1ccc[nH]1)N1CCc2c(F)ccc(F)c2C1. The number of halogens is 2. The van der Waals surface area contributed by atoms with Gasteiger partial charge in [-0.1, -0.05) is 0 Å². The van der Waals surface area contributed by atoms with Crippen LogP contribution in [0.15, 0.2) is 30.5 Å². The number of hydrogen-bond donors (Lipinski definition) is 1. The Hall–Kier alpha value is -2.17. The van der Waals surface area contributed by atoms with Gasteiger partial charge in [-0.3, -0.25) is 4.79 Å². The molecular weight excluding hydrogens is 250 g/mol. The number of rotatable bonds is 1. The summed E-state index contributed by atoms with van der Waals surface area (Å²) in [5.41, 5.74) is 1.13. The molecule has 19 heavy (non-hydrogen) atoms. The van der Waals surface area contributed by atoms with Gasteiger partial charge < -0.3 is 9.88 Å². The fourth-order valence-corrected chi connectivity index (χ4v) is 2.40. The molecule has 0 atom stereocenters. The van der Waals surface area contributed by atoms with E-state index < -0.39 is 11.6 Å². The Bertz CT molecular complexity index is 623. The van der Waals surface area contributed by atoms with Gasteiger partial charge >= 0.3 is 0 Å². The summed E-state index contributed by atoms with van der Waals surface area (Å²) < 4.78 is 27.3. The molecule has 2 heterocycles. The van der Waals surface area contributed by atoms with Gasteiger partial charge in [0.05, 0.1) is 0 Å². The lowest BCUT2D eigenvalue weighted by molar-refractivity contribution is 0.0726. The first kappa shape index (κ1) is 11.9. The molecule has 0 fully saturated rings. The van der Waals surface area contributed by atoms with E-state index >= 15 is 0 Å². The van der Waals surface area contributed by atoms with Gasteiger partial charge in [-0.15, -0.1) is 0 Å². The smallest absolute Gasteiger partial charge is 0.270 e. The van der Waals surface area contributed by atoms with E-state index in [0.29, 0.717) is 24.2 Å². The van der Waals surface area contributed by atoms with Crippen LogP contribution in [0, 0.1) is 11.6 Å². The summed E-state index contributed by atoms with van der Waals surface area (Å²) in [5.74, 6) is -1.05. The first-order chi connectivity index (χ1) is 9.16. The number of benzene rings is 1. The molecule has 0 saturated heterocycles. The van der Waals surface area contributed by atoms with E-state index in [1.807, 2.05) is 0 Å². The maximum absolute atomic E-state index is 13.7. The normalized spacial score (nSPS) is 14.3. The van der Waals surface area contributed by atoms with E-state index in [2.05, 4.69) is 4.98 Å². The molecule has 1 amide bonds. The molecule has 0 unspecified atom stereocenters. The Morgan fingerprint density at radius 2 is 1.89 bits per heavy atom.